The summed E-state index contributed by atoms with van der Waals surface area (Å²) < 4.78 is 13.1. The third kappa shape index (κ3) is 7.99. The minimum atomic E-state index is -0.991. The van der Waals surface area contributed by atoms with Crippen LogP contribution in [-0.2, 0) is 22.8 Å². The highest BCUT2D eigenvalue weighted by Gasteiger charge is 2.30. The number of ether oxygens (including phenoxy) is 2. The minimum absolute atomic E-state index is 0.171. The normalized spacial score (nSPS) is 14.8. The molecule has 31 heavy (non-hydrogen) atoms. The highest BCUT2D eigenvalue weighted by atomic mass is 16.6. The first-order chi connectivity index (χ1) is 14.6. The molecule has 1 aromatic heterocycles. The molecule has 7 heteroatoms. The molecule has 1 amide bonds. The van der Waals surface area contributed by atoms with Gasteiger partial charge in [-0.3, -0.25) is 0 Å². The highest BCUT2D eigenvalue weighted by Crippen LogP contribution is 2.24. The molecule has 3 atom stereocenters. The van der Waals surface area contributed by atoms with Gasteiger partial charge in [0, 0.05) is 12.4 Å². The van der Waals surface area contributed by atoms with Crippen molar-refractivity contribution < 1.29 is 19.4 Å². The van der Waals surface area contributed by atoms with Crippen molar-refractivity contribution in [2.75, 3.05) is 0 Å². The Morgan fingerprint density at radius 1 is 1.19 bits per heavy atom. The van der Waals surface area contributed by atoms with Gasteiger partial charge in [0.15, 0.2) is 0 Å². The van der Waals surface area contributed by atoms with Crippen LogP contribution >= 0.6 is 0 Å². The first kappa shape index (κ1) is 24.9. The number of rotatable bonds is 10. The van der Waals surface area contributed by atoms with Gasteiger partial charge in [0.2, 0.25) is 0 Å². The molecule has 0 saturated carbocycles. The molecule has 1 heterocycles. The molecule has 2 N–H and O–H groups in total. The molecule has 7 nitrogen and oxygen atoms in total. The Labute approximate surface area is 185 Å². The maximum atomic E-state index is 12.5. The standard InChI is InChI=1S/C24H37N3O4/c1-17(2)14-20(26-23(29)31-18(3)24(4,5)6)21(28)22-25-12-13-27(22)16-30-15-19-10-8-7-9-11-19/h7-13,17-18,20-21,28H,14-16H2,1-6H3,(H,26,29)/t18?,20-,21?/m0/s1. The predicted molar refractivity (Wildman–Crippen MR) is 120 cm³/mol. The number of aliphatic hydroxyl groups is 1. The van der Waals surface area contributed by atoms with Crippen molar-refractivity contribution in [3.8, 4) is 0 Å². The predicted octanol–water partition coefficient (Wildman–Crippen LogP) is 4.67. The summed E-state index contributed by atoms with van der Waals surface area (Å²) in [5.41, 5.74) is 0.898. The molecular weight excluding hydrogens is 394 g/mol. The Hall–Kier alpha value is -2.38. The number of imidazole rings is 1. The van der Waals surface area contributed by atoms with E-state index in [1.165, 1.54) is 0 Å². The van der Waals surface area contributed by atoms with Crippen molar-refractivity contribution in [3.05, 3.63) is 54.1 Å². The quantitative estimate of drug-likeness (QED) is 0.571. The second kappa shape index (κ2) is 11.3. The Morgan fingerprint density at radius 2 is 1.87 bits per heavy atom. The number of alkyl carbamates (subject to hydrolysis) is 1. The maximum Gasteiger partial charge on any atom is 0.407 e. The molecule has 0 aliphatic rings. The number of amides is 1. The molecule has 0 bridgehead atoms. The number of benzene rings is 1. The second-order valence-electron chi connectivity index (χ2n) is 9.46. The lowest BCUT2D eigenvalue weighted by molar-refractivity contribution is 0.0292. The average Bonchev–Trinajstić information content (AvgIpc) is 3.15. The van der Waals surface area contributed by atoms with Crippen LogP contribution in [0.2, 0.25) is 0 Å². The summed E-state index contributed by atoms with van der Waals surface area (Å²) in [5, 5.41) is 13.9. The molecule has 0 saturated heterocycles. The fourth-order valence-electron chi connectivity index (χ4n) is 3.01. The van der Waals surface area contributed by atoms with Crippen LogP contribution in [0.4, 0.5) is 4.79 Å². The summed E-state index contributed by atoms with van der Waals surface area (Å²) in [6, 6.07) is 9.35. The van der Waals surface area contributed by atoms with Crippen LogP contribution in [0, 0.1) is 11.3 Å². The van der Waals surface area contributed by atoms with Crippen LogP contribution in [0.1, 0.15) is 65.5 Å². The molecule has 0 aliphatic carbocycles. The van der Waals surface area contributed by atoms with E-state index >= 15 is 0 Å². The van der Waals surface area contributed by atoms with E-state index in [1.807, 2.05) is 71.9 Å². The molecule has 172 valence electrons. The van der Waals surface area contributed by atoms with E-state index in [0.717, 1.165) is 5.56 Å². The van der Waals surface area contributed by atoms with Crippen LogP contribution < -0.4 is 5.32 Å². The number of nitrogens with zero attached hydrogens (tertiary/aromatic N) is 2. The van der Waals surface area contributed by atoms with Crippen molar-refractivity contribution in [1.82, 2.24) is 14.9 Å². The number of hydrogen-bond acceptors (Lipinski definition) is 5. The van der Waals surface area contributed by atoms with Crippen LogP contribution in [0.3, 0.4) is 0 Å². The Bertz CT molecular complexity index is 799. The van der Waals surface area contributed by atoms with Gasteiger partial charge >= 0.3 is 6.09 Å². The lowest BCUT2D eigenvalue weighted by atomic mass is 9.90. The fraction of sp³-hybridized carbons (Fsp3) is 0.583. The van der Waals surface area contributed by atoms with Crippen LogP contribution in [0.15, 0.2) is 42.7 Å². The number of aliphatic hydroxyl groups excluding tert-OH is 1. The van der Waals surface area contributed by atoms with Crippen molar-refractivity contribution in [2.45, 2.75) is 79.6 Å². The SMILES string of the molecule is CC(C)C[C@H](NC(=O)OC(C)C(C)(C)C)C(O)c1nccn1COCc1ccccc1. The first-order valence-electron chi connectivity index (χ1n) is 10.9. The zero-order valence-electron chi connectivity index (χ0n) is 19.5. The van der Waals surface area contributed by atoms with E-state index in [9.17, 15) is 9.90 Å². The third-order valence-electron chi connectivity index (χ3n) is 5.27. The van der Waals surface area contributed by atoms with E-state index in [1.54, 1.807) is 17.0 Å². The zero-order valence-corrected chi connectivity index (χ0v) is 19.5. The summed E-state index contributed by atoms with van der Waals surface area (Å²) in [6.07, 6.45) is 2.17. The first-order valence-corrected chi connectivity index (χ1v) is 10.9. The number of carbonyl (C=O) groups is 1. The molecule has 2 unspecified atom stereocenters. The number of hydrogen-bond donors (Lipinski definition) is 2. The van der Waals surface area contributed by atoms with E-state index in [-0.39, 0.29) is 24.2 Å². The van der Waals surface area contributed by atoms with Gasteiger partial charge in [-0.25, -0.2) is 9.78 Å². The van der Waals surface area contributed by atoms with Crippen LogP contribution in [0.5, 0.6) is 0 Å². The highest BCUT2D eigenvalue weighted by molar-refractivity contribution is 5.68. The molecular formula is C24H37N3O4. The molecule has 1 aromatic carbocycles. The van der Waals surface area contributed by atoms with Crippen LogP contribution in [0.25, 0.3) is 0 Å². The Balaban J connectivity index is 2.03. The lowest BCUT2D eigenvalue weighted by Gasteiger charge is -2.30. The number of carbonyl (C=O) groups excluding carboxylic acids is 1. The smallest absolute Gasteiger partial charge is 0.407 e. The summed E-state index contributed by atoms with van der Waals surface area (Å²) in [6.45, 7) is 12.7. The van der Waals surface area contributed by atoms with Gasteiger partial charge in [-0.05, 0) is 30.2 Å². The third-order valence-corrected chi connectivity index (χ3v) is 5.27. The van der Waals surface area contributed by atoms with E-state index in [0.29, 0.717) is 18.9 Å². The molecule has 2 rings (SSSR count). The Kier molecular flexibility index (Phi) is 9.07. The van der Waals surface area contributed by atoms with E-state index in [4.69, 9.17) is 9.47 Å². The largest absolute Gasteiger partial charge is 0.446 e. The monoisotopic (exact) mass is 431 g/mol. The van der Waals surface area contributed by atoms with Gasteiger partial charge in [0.1, 0.15) is 24.8 Å². The molecule has 0 radical (unpaired) electrons. The van der Waals surface area contributed by atoms with Gasteiger partial charge in [0.05, 0.1) is 12.6 Å². The van der Waals surface area contributed by atoms with Crippen molar-refractivity contribution in [2.24, 2.45) is 11.3 Å². The topological polar surface area (TPSA) is 85.6 Å². The summed E-state index contributed by atoms with van der Waals surface area (Å²) in [7, 11) is 0. The van der Waals surface area contributed by atoms with Crippen molar-refractivity contribution in [1.29, 1.82) is 0 Å². The average molecular weight is 432 g/mol. The Morgan fingerprint density at radius 3 is 2.48 bits per heavy atom. The molecule has 0 aliphatic heterocycles. The summed E-state index contributed by atoms with van der Waals surface area (Å²) >= 11 is 0. The van der Waals surface area contributed by atoms with Gasteiger partial charge < -0.3 is 24.5 Å². The lowest BCUT2D eigenvalue weighted by Crippen LogP contribution is -2.43. The number of aromatic nitrogens is 2. The maximum absolute atomic E-state index is 12.5. The van der Waals surface area contributed by atoms with E-state index in [2.05, 4.69) is 10.3 Å². The van der Waals surface area contributed by atoms with E-state index < -0.39 is 18.2 Å². The van der Waals surface area contributed by atoms with Crippen LogP contribution in [-0.4, -0.2) is 32.9 Å². The molecule has 2 aromatic rings. The second-order valence-corrected chi connectivity index (χ2v) is 9.46. The van der Waals surface area contributed by atoms with Crippen molar-refractivity contribution in [3.63, 3.8) is 0 Å². The summed E-state index contributed by atoms with van der Waals surface area (Å²) in [4.78, 5) is 16.8. The van der Waals surface area contributed by atoms with Gasteiger partial charge in [-0.1, -0.05) is 65.0 Å². The van der Waals surface area contributed by atoms with Gasteiger partial charge in [-0.2, -0.15) is 0 Å². The zero-order chi connectivity index (χ0) is 23.0. The summed E-state index contributed by atoms with van der Waals surface area (Å²) in [5.74, 6) is 0.709. The van der Waals surface area contributed by atoms with Gasteiger partial charge in [-0.15, -0.1) is 0 Å². The number of nitrogens with one attached hydrogen (secondary N) is 1. The van der Waals surface area contributed by atoms with Gasteiger partial charge in [0.25, 0.3) is 0 Å². The molecule has 0 fully saturated rings. The minimum Gasteiger partial charge on any atom is -0.446 e. The molecule has 0 spiro atoms. The fourth-order valence-corrected chi connectivity index (χ4v) is 3.01. The van der Waals surface area contributed by atoms with Crippen molar-refractivity contribution >= 4 is 6.09 Å².